The predicted molar refractivity (Wildman–Crippen MR) is 66.0 cm³/mol. The molecule has 102 valence electrons. The second-order valence-corrected chi connectivity index (χ2v) is 4.81. The van der Waals surface area contributed by atoms with E-state index in [0.29, 0.717) is 17.9 Å². The molecule has 3 rings (SSSR count). The lowest BCUT2D eigenvalue weighted by Crippen LogP contribution is -2.38. The number of hydrogen-bond donors (Lipinski definition) is 1. The lowest BCUT2D eigenvalue weighted by atomic mass is 10.1. The van der Waals surface area contributed by atoms with Crippen molar-refractivity contribution >= 4 is 5.78 Å². The van der Waals surface area contributed by atoms with Gasteiger partial charge in [-0.15, -0.1) is 0 Å². The van der Waals surface area contributed by atoms with Crippen molar-refractivity contribution in [3.05, 3.63) is 12.2 Å². The fraction of sp³-hybridized carbons (Fsp3) is 0.769. The molecule has 0 spiro atoms. The molecule has 5 heteroatoms. The van der Waals surface area contributed by atoms with Gasteiger partial charge in [-0.2, -0.15) is 0 Å². The van der Waals surface area contributed by atoms with Crippen molar-refractivity contribution in [2.24, 2.45) is 0 Å². The summed E-state index contributed by atoms with van der Waals surface area (Å²) in [5.74, 6) is 0.459. The van der Waals surface area contributed by atoms with Gasteiger partial charge >= 0.3 is 0 Å². The topological polar surface area (TPSA) is 56.8 Å². The van der Waals surface area contributed by atoms with E-state index in [9.17, 15) is 4.79 Å². The van der Waals surface area contributed by atoms with Gasteiger partial charge in [0.1, 0.15) is 5.78 Å². The van der Waals surface area contributed by atoms with Crippen LogP contribution in [0.4, 0.5) is 0 Å². The van der Waals surface area contributed by atoms with Crippen LogP contribution in [-0.2, 0) is 19.0 Å². The van der Waals surface area contributed by atoms with Crippen molar-refractivity contribution in [3.63, 3.8) is 0 Å². The minimum atomic E-state index is -0.227. The summed E-state index contributed by atoms with van der Waals surface area (Å²) in [6.45, 7) is 0. The third kappa shape index (κ3) is 3.62. The maximum atomic E-state index is 10.9. The molecule has 0 amide bonds. The molecular formula is C13H21NO4. The summed E-state index contributed by atoms with van der Waals surface area (Å²) >= 11 is 0. The fourth-order valence-corrected chi connectivity index (χ4v) is 2.53. The third-order valence-electron chi connectivity index (χ3n) is 3.44. The Morgan fingerprint density at radius 3 is 2.00 bits per heavy atom. The SMILES string of the molecule is COC1C=CC(OC)O1.O=C1CC2CCC(C1)N2. The van der Waals surface area contributed by atoms with Gasteiger partial charge in [-0.3, -0.25) is 4.79 Å². The quantitative estimate of drug-likeness (QED) is 0.746. The molecule has 2 saturated heterocycles. The number of nitrogens with one attached hydrogen (secondary N) is 1. The van der Waals surface area contributed by atoms with Crippen LogP contribution in [0.5, 0.6) is 0 Å². The van der Waals surface area contributed by atoms with Crippen LogP contribution >= 0.6 is 0 Å². The van der Waals surface area contributed by atoms with Crippen LogP contribution in [0.2, 0.25) is 0 Å². The molecule has 2 fully saturated rings. The predicted octanol–water partition coefficient (Wildman–Crippen LogP) is 0.988. The second kappa shape index (κ2) is 6.43. The van der Waals surface area contributed by atoms with Gasteiger partial charge in [0.15, 0.2) is 12.6 Å². The standard InChI is InChI=1S/C7H11NO.C6H10O3/c9-7-3-5-1-2-6(4-7)8-5;1-7-5-3-4-6(8-2)9-5/h5-6,8H,1-4H2;3-6H,1-2H3. The van der Waals surface area contributed by atoms with E-state index in [4.69, 9.17) is 14.2 Å². The first-order valence-electron chi connectivity index (χ1n) is 6.38. The summed E-state index contributed by atoms with van der Waals surface area (Å²) in [5.41, 5.74) is 0. The normalized spacial score (nSPS) is 37.6. The van der Waals surface area contributed by atoms with E-state index >= 15 is 0 Å². The zero-order chi connectivity index (χ0) is 13.0. The van der Waals surface area contributed by atoms with Gasteiger partial charge in [-0.1, -0.05) is 0 Å². The highest BCUT2D eigenvalue weighted by Crippen LogP contribution is 2.23. The van der Waals surface area contributed by atoms with E-state index in [1.165, 1.54) is 12.8 Å². The van der Waals surface area contributed by atoms with Crippen molar-refractivity contribution in [2.75, 3.05) is 14.2 Å². The smallest absolute Gasteiger partial charge is 0.180 e. The number of rotatable bonds is 2. The number of piperidine rings is 1. The summed E-state index contributed by atoms with van der Waals surface area (Å²) in [6, 6.07) is 1.08. The number of Topliss-reactive ketones (excluding diaryl/α,β-unsaturated/α-hetero) is 1. The molecule has 0 aliphatic carbocycles. The molecule has 5 nitrogen and oxygen atoms in total. The molecule has 0 aromatic carbocycles. The van der Waals surface area contributed by atoms with Gasteiger partial charge in [-0.05, 0) is 25.0 Å². The first-order valence-corrected chi connectivity index (χ1v) is 6.38. The summed E-state index contributed by atoms with van der Waals surface area (Å²) in [4.78, 5) is 10.9. The highest BCUT2D eigenvalue weighted by molar-refractivity contribution is 5.80. The van der Waals surface area contributed by atoms with Gasteiger partial charge in [0.2, 0.25) is 0 Å². The van der Waals surface area contributed by atoms with Crippen molar-refractivity contribution in [2.45, 2.75) is 50.3 Å². The number of fused-ring (bicyclic) bond motifs is 2. The number of carbonyl (C=O) groups is 1. The first-order chi connectivity index (χ1) is 8.71. The third-order valence-corrected chi connectivity index (χ3v) is 3.44. The Morgan fingerprint density at radius 2 is 1.61 bits per heavy atom. The van der Waals surface area contributed by atoms with Crippen molar-refractivity contribution < 1.29 is 19.0 Å². The molecule has 0 radical (unpaired) electrons. The van der Waals surface area contributed by atoms with E-state index in [2.05, 4.69) is 5.32 Å². The Balaban J connectivity index is 0.000000134. The van der Waals surface area contributed by atoms with Gasteiger partial charge in [0.05, 0.1) is 0 Å². The van der Waals surface area contributed by atoms with Gasteiger partial charge in [0, 0.05) is 39.1 Å². The monoisotopic (exact) mass is 255 g/mol. The number of hydrogen-bond acceptors (Lipinski definition) is 5. The zero-order valence-electron chi connectivity index (χ0n) is 10.9. The lowest BCUT2D eigenvalue weighted by Gasteiger charge is -2.18. The number of carbonyl (C=O) groups excluding carboxylic acids is 1. The van der Waals surface area contributed by atoms with Gasteiger partial charge < -0.3 is 19.5 Å². The van der Waals surface area contributed by atoms with Gasteiger partial charge in [0.25, 0.3) is 0 Å². The Kier molecular flexibility index (Phi) is 4.88. The maximum Gasteiger partial charge on any atom is 0.180 e. The Labute approximate surface area is 107 Å². The molecule has 3 aliphatic rings. The largest absolute Gasteiger partial charge is 0.352 e. The van der Waals surface area contributed by atoms with Gasteiger partial charge in [-0.25, -0.2) is 0 Å². The summed E-state index contributed by atoms with van der Waals surface area (Å²) in [5, 5.41) is 3.40. The average Bonchev–Trinajstić information content (AvgIpc) is 2.96. The number of ketones is 1. The van der Waals surface area contributed by atoms with Crippen molar-refractivity contribution in [3.8, 4) is 0 Å². The van der Waals surface area contributed by atoms with Crippen molar-refractivity contribution in [1.82, 2.24) is 5.32 Å². The first kappa shape index (κ1) is 13.7. The van der Waals surface area contributed by atoms with Crippen LogP contribution in [0.1, 0.15) is 25.7 Å². The molecule has 0 aromatic heterocycles. The Morgan fingerprint density at radius 1 is 1.11 bits per heavy atom. The molecule has 3 heterocycles. The average molecular weight is 255 g/mol. The van der Waals surface area contributed by atoms with E-state index in [1.807, 2.05) is 12.2 Å². The van der Waals surface area contributed by atoms with Crippen LogP contribution in [0.3, 0.4) is 0 Å². The molecule has 0 aromatic rings. The Hall–Kier alpha value is -0.750. The summed E-state index contributed by atoms with van der Waals surface area (Å²) in [7, 11) is 3.18. The minimum Gasteiger partial charge on any atom is -0.352 e. The lowest BCUT2D eigenvalue weighted by molar-refractivity contribution is -0.173. The number of ether oxygens (including phenoxy) is 3. The molecule has 1 N–H and O–H groups in total. The molecule has 18 heavy (non-hydrogen) atoms. The van der Waals surface area contributed by atoms with Crippen LogP contribution in [0, 0.1) is 0 Å². The van der Waals surface area contributed by atoms with E-state index in [1.54, 1.807) is 14.2 Å². The van der Waals surface area contributed by atoms with Crippen LogP contribution in [-0.4, -0.2) is 44.7 Å². The maximum absolute atomic E-state index is 10.9. The van der Waals surface area contributed by atoms with E-state index in [0.717, 1.165) is 12.8 Å². The minimum absolute atomic E-state index is 0.227. The molecular weight excluding hydrogens is 234 g/mol. The van der Waals surface area contributed by atoms with Crippen LogP contribution < -0.4 is 5.32 Å². The zero-order valence-corrected chi connectivity index (χ0v) is 10.9. The summed E-state index contributed by atoms with van der Waals surface area (Å²) < 4.78 is 14.8. The second-order valence-electron chi connectivity index (χ2n) is 4.81. The Bertz CT molecular complexity index is 292. The van der Waals surface area contributed by atoms with Crippen LogP contribution in [0.25, 0.3) is 0 Å². The van der Waals surface area contributed by atoms with Crippen LogP contribution in [0.15, 0.2) is 12.2 Å². The molecule has 4 unspecified atom stereocenters. The fourth-order valence-electron chi connectivity index (χ4n) is 2.53. The molecule has 0 saturated carbocycles. The highest BCUT2D eigenvalue weighted by Gasteiger charge is 2.31. The summed E-state index contributed by atoms with van der Waals surface area (Å²) in [6.07, 6.45) is 7.19. The number of methoxy groups -OCH3 is 2. The molecule has 3 aliphatic heterocycles. The van der Waals surface area contributed by atoms with Crippen molar-refractivity contribution in [1.29, 1.82) is 0 Å². The highest BCUT2D eigenvalue weighted by atomic mass is 16.8. The van der Waals surface area contributed by atoms with E-state index in [-0.39, 0.29) is 12.6 Å². The molecule has 2 bridgehead atoms. The van der Waals surface area contributed by atoms with E-state index < -0.39 is 0 Å². The molecule has 4 atom stereocenters.